The van der Waals surface area contributed by atoms with Gasteiger partial charge in [0, 0.05) is 34.2 Å². The Morgan fingerprint density at radius 2 is 1.82 bits per heavy atom. The van der Waals surface area contributed by atoms with Gasteiger partial charge in [-0.1, -0.05) is 38.5 Å². The predicted molar refractivity (Wildman–Crippen MR) is 121 cm³/mol. The molecule has 0 heterocycles. The largest absolute Gasteiger partial charge is 0.379 e. The molecule has 28 heavy (non-hydrogen) atoms. The van der Waals surface area contributed by atoms with E-state index >= 15 is 0 Å². The molecule has 3 amide bonds. The van der Waals surface area contributed by atoms with E-state index in [4.69, 9.17) is 4.84 Å². The van der Waals surface area contributed by atoms with Crippen molar-refractivity contribution in [1.82, 2.24) is 20.8 Å². The van der Waals surface area contributed by atoms with Crippen LogP contribution in [0, 0.1) is 0 Å². The van der Waals surface area contributed by atoms with Crippen molar-refractivity contribution in [1.29, 1.82) is 0 Å². The number of carbonyl (C=O) groups excluding carboxylic acids is 3. The number of hydrogen-bond acceptors (Lipinski definition) is 6. The van der Waals surface area contributed by atoms with E-state index in [1.54, 1.807) is 31.2 Å². The summed E-state index contributed by atoms with van der Waals surface area (Å²) in [5.74, 6) is 0.00617. The quantitative estimate of drug-likeness (QED) is 0.153. The molecule has 4 N–H and O–H groups in total. The fourth-order valence-corrected chi connectivity index (χ4v) is 2.32. The van der Waals surface area contributed by atoms with Gasteiger partial charge >= 0.3 is 0 Å². The molecular weight excluding hydrogens is 495 g/mol. The lowest BCUT2D eigenvalue weighted by atomic mass is 10.3. The van der Waals surface area contributed by atoms with Gasteiger partial charge in [0.05, 0.1) is 6.54 Å². The molecule has 0 fully saturated rings. The molecular formula is C18H29IN4O4S. The van der Waals surface area contributed by atoms with Gasteiger partial charge < -0.3 is 15.5 Å². The molecule has 1 aromatic rings. The van der Waals surface area contributed by atoms with Crippen LogP contribution in [0.5, 0.6) is 5.75 Å². The molecule has 0 aromatic heterocycles. The zero-order valence-electron chi connectivity index (χ0n) is 16.4. The molecule has 0 spiro atoms. The fraction of sp³-hybridized carbons (Fsp3) is 0.500. The van der Waals surface area contributed by atoms with Gasteiger partial charge in [-0.2, -0.15) is 5.48 Å². The number of benzene rings is 1. The summed E-state index contributed by atoms with van der Waals surface area (Å²) in [4.78, 5) is 38.7. The Labute approximate surface area is 183 Å². The van der Waals surface area contributed by atoms with E-state index in [1.165, 1.54) is 9.12 Å². The number of amides is 3. The topological polar surface area (TPSA) is 109 Å². The van der Waals surface area contributed by atoms with Crippen LogP contribution in [0.15, 0.2) is 30.3 Å². The predicted octanol–water partition coefficient (Wildman–Crippen LogP) is 2.50. The molecule has 0 radical (unpaired) electrons. The summed E-state index contributed by atoms with van der Waals surface area (Å²) in [5.41, 5.74) is 2.28. The number of para-hydroxylation sites is 1. The second-order valence-electron chi connectivity index (χ2n) is 5.63. The van der Waals surface area contributed by atoms with Crippen LogP contribution in [0.3, 0.4) is 0 Å². The van der Waals surface area contributed by atoms with E-state index in [2.05, 4.69) is 27.8 Å². The van der Waals surface area contributed by atoms with Crippen molar-refractivity contribution in [3.05, 3.63) is 30.3 Å². The summed E-state index contributed by atoms with van der Waals surface area (Å²) >= 11 is 2.01. The smallest absolute Gasteiger partial charge is 0.274 e. The van der Waals surface area contributed by atoms with Crippen LogP contribution in [0.4, 0.5) is 0 Å². The Kier molecular flexibility index (Phi) is 16.6. The molecule has 0 saturated carbocycles. The van der Waals surface area contributed by atoms with Crippen molar-refractivity contribution < 1.29 is 19.2 Å². The minimum Gasteiger partial charge on any atom is -0.379 e. The van der Waals surface area contributed by atoms with Crippen LogP contribution >= 0.6 is 30.3 Å². The number of rotatable bonds is 11. The molecule has 10 heteroatoms. The first-order chi connectivity index (χ1) is 13.4. The van der Waals surface area contributed by atoms with Crippen LogP contribution in [0.2, 0.25) is 0 Å². The second-order valence-corrected chi connectivity index (χ2v) is 7.39. The van der Waals surface area contributed by atoms with E-state index in [0.29, 0.717) is 12.2 Å². The van der Waals surface area contributed by atoms with Gasteiger partial charge in [-0.3, -0.25) is 14.4 Å². The van der Waals surface area contributed by atoms with Gasteiger partial charge in [0.25, 0.3) is 5.91 Å². The average Bonchev–Trinajstić information content (AvgIpc) is 2.71. The van der Waals surface area contributed by atoms with Gasteiger partial charge in [-0.15, -0.1) is 0 Å². The number of nitrogens with one attached hydrogen (secondary N) is 4. The second kappa shape index (κ2) is 17.6. The normalized spacial score (nSPS) is 10.7. The van der Waals surface area contributed by atoms with Gasteiger partial charge in [0.2, 0.25) is 11.8 Å². The van der Waals surface area contributed by atoms with Gasteiger partial charge in [-0.25, -0.2) is 4.72 Å². The molecule has 158 valence electrons. The lowest BCUT2D eigenvalue weighted by Crippen LogP contribution is -2.47. The zero-order valence-corrected chi connectivity index (χ0v) is 19.4. The first-order valence-corrected chi connectivity index (χ1v) is 12.4. The highest BCUT2D eigenvalue weighted by molar-refractivity contribution is 14.2. The van der Waals surface area contributed by atoms with Crippen molar-refractivity contribution in [2.75, 3.05) is 13.1 Å². The maximum atomic E-state index is 11.6. The third-order valence-electron chi connectivity index (χ3n) is 3.24. The van der Waals surface area contributed by atoms with E-state index in [1.807, 2.05) is 34.2 Å². The molecule has 8 nitrogen and oxygen atoms in total. The summed E-state index contributed by atoms with van der Waals surface area (Å²) in [6, 6.07) is 8.18. The molecule has 0 aliphatic rings. The summed E-state index contributed by atoms with van der Waals surface area (Å²) < 4.78 is 2.78. The summed E-state index contributed by atoms with van der Waals surface area (Å²) in [6.07, 6.45) is 2.83. The highest BCUT2D eigenvalue weighted by Crippen LogP contribution is 2.06. The number of unbranched alkanes of at least 4 members (excludes halogenated alkanes) is 1. The first-order valence-electron chi connectivity index (χ1n) is 9.02. The molecule has 0 saturated heterocycles. The molecule has 1 aromatic carbocycles. The Hall–Kier alpha value is -1.53. The number of halogens is 1. The zero-order chi connectivity index (χ0) is 21.2. The molecule has 1 rings (SSSR count). The maximum absolute atomic E-state index is 11.6. The Bertz CT molecular complexity index is 578. The summed E-state index contributed by atoms with van der Waals surface area (Å²) in [6.45, 7) is 6.53. The average molecular weight is 524 g/mol. The third-order valence-corrected chi connectivity index (χ3v) is 4.43. The Morgan fingerprint density at radius 1 is 1.14 bits per heavy atom. The van der Waals surface area contributed by atoms with Crippen LogP contribution in [0.25, 0.3) is 0 Å². The highest BCUT2D eigenvalue weighted by atomic mass is 127. The van der Waals surface area contributed by atoms with Gasteiger partial charge in [0.1, 0.15) is 6.04 Å². The first kappa shape index (κ1) is 26.5. The van der Waals surface area contributed by atoms with Crippen molar-refractivity contribution in [3.63, 3.8) is 0 Å². The van der Waals surface area contributed by atoms with Crippen molar-refractivity contribution in [2.45, 2.75) is 46.1 Å². The summed E-state index contributed by atoms with van der Waals surface area (Å²) in [5, 5.41) is 5.33. The SMILES string of the molecule is CC(NC(=O)CNSI)C(=O)NOc1ccccc1.CCCCNC(=O)CC. The van der Waals surface area contributed by atoms with Crippen molar-refractivity contribution >= 4 is 48.0 Å². The van der Waals surface area contributed by atoms with E-state index in [0.717, 1.165) is 19.4 Å². The van der Waals surface area contributed by atoms with Crippen molar-refractivity contribution in [3.8, 4) is 5.75 Å². The van der Waals surface area contributed by atoms with Gasteiger partial charge in [-0.05, 0) is 34.6 Å². The van der Waals surface area contributed by atoms with Crippen LogP contribution in [0.1, 0.15) is 40.0 Å². The lowest BCUT2D eigenvalue weighted by molar-refractivity contribution is -0.132. The summed E-state index contributed by atoms with van der Waals surface area (Å²) in [7, 11) is 1.31. The molecule has 0 aliphatic carbocycles. The van der Waals surface area contributed by atoms with E-state index < -0.39 is 11.9 Å². The molecule has 1 unspecified atom stereocenters. The van der Waals surface area contributed by atoms with E-state index in [9.17, 15) is 14.4 Å². The fourth-order valence-electron chi connectivity index (χ4n) is 1.67. The standard InChI is InChI=1S/C11H14IN3O3S.C7H15NO/c1-8(14-10(16)7-13-19-12)11(17)15-18-9-5-3-2-4-6-9;1-3-5-6-8-7(9)4-2/h2-6,8,13H,7H2,1H3,(H,14,16)(H,15,17);3-6H2,1-2H3,(H,8,9). The number of carbonyl (C=O) groups is 3. The third kappa shape index (κ3) is 14.5. The Morgan fingerprint density at radius 3 is 2.39 bits per heavy atom. The highest BCUT2D eigenvalue weighted by Gasteiger charge is 2.15. The number of hydroxylamine groups is 1. The number of hydrogen-bond donors (Lipinski definition) is 4. The lowest BCUT2D eigenvalue weighted by Gasteiger charge is -2.14. The van der Waals surface area contributed by atoms with Crippen LogP contribution in [-0.2, 0) is 14.4 Å². The van der Waals surface area contributed by atoms with Crippen LogP contribution < -0.4 is 25.7 Å². The molecule has 0 aliphatic heterocycles. The Balaban J connectivity index is 0.000000684. The maximum Gasteiger partial charge on any atom is 0.274 e. The monoisotopic (exact) mass is 524 g/mol. The van der Waals surface area contributed by atoms with Crippen molar-refractivity contribution in [2.24, 2.45) is 0 Å². The minimum absolute atomic E-state index is 0.144. The van der Waals surface area contributed by atoms with Crippen LogP contribution in [-0.4, -0.2) is 36.9 Å². The molecule has 1 atom stereocenters. The van der Waals surface area contributed by atoms with E-state index in [-0.39, 0.29) is 18.4 Å². The minimum atomic E-state index is -0.669. The van der Waals surface area contributed by atoms with Gasteiger partial charge in [0.15, 0.2) is 5.75 Å². The molecule has 0 bridgehead atoms.